The Morgan fingerprint density at radius 1 is 1.17 bits per heavy atom. The fourth-order valence-corrected chi connectivity index (χ4v) is 2.76. The molecule has 1 atom stereocenters. The largest absolute Gasteiger partial charge is 0.440 e. The van der Waals surface area contributed by atoms with Crippen LogP contribution >= 0.6 is 11.6 Å². The summed E-state index contributed by atoms with van der Waals surface area (Å²) >= 11 is 5.73. The van der Waals surface area contributed by atoms with Gasteiger partial charge >= 0.3 is 0 Å². The lowest BCUT2D eigenvalue weighted by Gasteiger charge is -2.34. The topological polar surface area (TPSA) is 59.8 Å². The number of amides is 1. The van der Waals surface area contributed by atoms with Crippen molar-refractivity contribution in [1.29, 1.82) is 0 Å². The molecule has 0 N–H and O–H groups in total. The van der Waals surface area contributed by atoms with E-state index < -0.39 is 0 Å². The van der Waals surface area contributed by atoms with Gasteiger partial charge in [-0.25, -0.2) is 0 Å². The van der Waals surface area contributed by atoms with Crippen LogP contribution in [-0.4, -0.2) is 42.4 Å². The van der Waals surface area contributed by atoms with E-state index in [4.69, 9.17) is 20.8 Å². The first-order valence-electron chi connectivity index (χ1n) is 7.37. The molecule has 0 radical (unpaired) electrons. The van der Waals surface area contributed by atoms with Crippen LogP contribution in [0.2, 0.25) is 5.22 Å². The van der Waals surface area contributed by atoms with Crippen molar-refractivity contribution in [3.8, 4) is 0 Å². The molecule has 0 bridgehead atoms. The third kappa shape index (κ3) is 3.63. The van der Waals surface area contributed by atoms with Crippen LogP contribution in [0.3, 0.4) is 0 Å². The average Bonchev–Trinajstić information content (AvgIpc) is 3.02. The summed E-state index contributed by atoms with van der Waals surface area (Å²) in [5.41, 5.74) is 0.631. The third-order valence-electron chi connectivity index (χ3n) is 3.79. The van der Waals surface area contributed by atoms with Gasteiger partial charge in [-0.1, -0.05) is 30.3 Å². The second-order valence-electron chi connectivity index (χ2n) is 5.32. The van der Waals surface area contributed by atoms with Gasteiger partial charge in [-0.2, -0.15) is 0 Å². The predicted molar refractivity (Wildman–Crippen MR) is 84.8 cm³/mol. The van der Waals surface area contributed by atoms with E-state index in [0.29, 0.717) is 25.3 Å². The van der Waals surface area contributed by atoms with Gasteiger partial charge in [0.15, 0.2) is 16.8 Å². The fraction of sp³-hybridized carbons (Fsp3) is 0.294. The van der Waals surface area contributed by atoms with E-state index >= 15 is 0 Å². The van der Waals surface area contributed by atoms with E-state index in [1.165, 1.54) is 12.1 Å². The molecule has 5 nitrogen and oxygen atoms in total. The first kappa shape index (κ1) is 15.8. The summed E-state index contributed by atoms with van der Waals surface area (Å²) in [5, 5.41) is 0.165. The minimum absolute atomic E-state index is 0.0172. The molecule has 1 aromatic heterocycles. The molecule has 6 heteroatoms. The number of carbonyl (C=O) groups excluding carboxylic acids is 2. The molecule has 1 fully saturated rings. The second kappa shape index (κ2) is 6.98. The lowest BCUT2D eigenvalue weighted by molar-refractivity contribution is -0.00430. The highest BCUT2D eigenvalue weighted by Crippen LogP contribution is 2.20. The van der Waals surface area contributed by atoms with Gasteiger partial charge in [-0.05, 0) is 23.7 Å². The number of hydrogen-bond acceptors (Lipinski definition) is 4. The Morgan fingerprint density at radius 2 is 1.96 bits per heavy atom. The number of carbonyl (C=O) groups is 2. The molecule has 0 spiro atoms. The number of rotatable bonds is 4. The summed E-state index contributed by atoms with van der Waals surface area (Å²) < 4.78 is 10.6. The van der Waals surface area contributed by atoms with Crippen LogP contribution in [0.4, 0.5) is 0 Å². The highest BCUT2D eigenvalue weighted by atomic mass is 35.5. The standard InChI is InChI=1S/C17H16ClNO4/c18-16-7-6-15(23-16)17(21)19-8-9-22-11-13(19)10-14(20)12-4-2-1-3-5-12/h1-7,13H,8-11H2. The number of Topliss-reactive ketones (excluding diaryl/α,β-unsaturated/α-hetero) is 1. The molecular formula is C17H16ClNO4. The molecule has 0 aliphatic carbocycles. The summed E-state index contributed by atoms with van der Waals surface area (Å²) in [7, 11) is 0. The Bertz CT molecular complexity index is 698. The fourth-order valence-electron chi connectivity index (χ4n) is 2.62. The highest BCUT2D eigenvalue weighted by Gasteiger charge is 2.31. The number of hydrogen-bond donors (Lipinski definition) is 0. The molecule has 1 saturated heterocycles. The van der Waals surface area contributed by atoms with Crippen molar-refractivity contribution in [2.75, 3.05) is 19.8 Å². The molecule has 23 heavy (non-hydrogen) atoms. The highest BCUT2D eigenvalue weighted by molar-refractivity contribution is 6.29. The summed E-state index contributed by atoms with van der Waals surface area (Å²) in [4.78, 5) is 26.6. The van der Waals surface area contributed by atoms with Crippen molar-refractivity contribution in [3.05, 3.63) is 59.0 Å². The maximum Gasteiger partial charge on any atom is 0.290 e. The molecule has 3 rings (SSSR count). The van der Waals surface area contributed by atoms with Gasteiger partial charge in [0.2, 0.25) is 0 Å². The van der Waals surface area contributed by atoms with E-state index in [9.17, 15) is 9.59 Å². The minimum atomic E-state index is -0.312. The van der Waals surface area contributed by atoms with Crippen LogP contribution in [0.25, 0.3) is 0 Å². The number of halogens is 1. The molecule has 2 aromatic rings. The summed E-state index contributed by atoms with van der Waals surface area (Å²) in [6.07, 6.45) is 0.212. The number of nitrogens with zero attached hydrogens (tertiary/aromatic N) is 1. The molecule has 1 aliphatic heterocycles. The molecular weight excluding hydrogens is 318 g/mol. The van der Waals surface area contributed by atoms with E-state index in [1.54, 1.807) is 17.0 Å². The molecule has 1 unspecified atom stereocenters. The Labute approximate surface area is 138 Å². The first-order valence-corrected chi connectivity index (χ1v) is 7.75. The normalized spacial score (nSPS) is 18.0. The van der Waals surface area contributed by atoms with Crippen LogP contribution in [0.1, 0.15) is 27.3 Å². The monoisotopic (exact) mass is 333 g/mol. The molecule has 1 amide bonds. The van der Waals surface area contributed by atoms with E-state index in [-0.39, 0.29) is 35.1 Å². The van der Waals surface area contributed by atoms with Crippen molar-refractivity contribution in [2.45, 2.75) is 12.5 Å². The Morgan fingerprint density at radius 3 is 2.65 bits per heavy atom. The van der Waals surface area contributed by atoms with Gasteiger partial charge in [0, 0.05) is 18.5 Å². The lowest BCUT2D eigenvalue weighted by Crippen LogP contribution is -2.49. The van der Waals surface area contributed by atoms with Crippen LogP contribution < -0.4 is 0 Å². The SMILES string of the molecule is O=C(CC1COCCN1C(=O)c1ccc(Cl)o1)c1ccccc1. The van der Waals surface area contributed by atoms with Gasteiger partial charge < -0.3 is 14.1 Å². The van der Waals surface area contributed by atoms with Crippen molar-refractivity contribution in [3.63, 3.8) is 0 Å². The predicted octanol–water partition coefficient (Wildman–Crippen LogP) is 3.05. The van der Waals surface area contributed by atoms with Gasteiger partial charge in [0.05, 0.1) is 19.3 Å². The molecule has 0 saturated carbocycles. The summed E-state index contributed by atoms with van der Waals surface area (Å²) in [6.45, 7) is 1.19. The van der Waals surface area contributed by atoms with Crippen LogP contribution in [0, 0.1) is 0 Å². The minimum Gasteiger partial charge on any atom is -0.440 e. The van der Waals surface area contributed by atoms with Crippen molar-refractivity contribution >= 4 is 23.3 Å². The zero-order chi connectivity index (χ0) is 16.2. The zero-order valence-corrected chi connectivity index (χ0v) is 13.2. The molecule has 2 heterocycles. The third-order valence-corrected chi connectivity index (χ3v) is 3.99. The smallest absolute Gasteiger partial charge is 0.290 e. The molecule has 120 valence electrons. The maximum atomic E-state index is 12.5. The quantitative estimate of drug-likeness (QED) is 0.807. The average molecular weight is 334 g/mol. The number of furan rings is 1. The lowest BCUT2D eigenvalue weighted by atomic mass is 10.0. The summed E-state index contributed by atoms with van der Waals surface area (Å²) in [5.74, 6) is -0.114. The number of ether oxygens (including phenoxy) is 1. The Balaban J connectivity index is 1.74. The first-order chi connectivity index (χ1) is 11.1. The van der Waals surface area contributed by atoms with Gasteiger partial charge in [-0.15, -0.1) is 0 Å². The van der Waals surface area contributed by atoms with Crippen LogP contribution in [-0.2, 0) is 4.74 Å². The molecule has 1 aromatic carbocycles. The summed E-state index contributed by atoms with van der Waals surface area (Å²) in [6, 6.07) is 11.8. The number of morpholine rings is 1. The second-order valence-corrected chi connectivity index (χ2v) is 5.70. The Kier molecular flexibility index (Phi) is 4.79. The van der Waals surface area contributed by atoms with Gasteiger partial charge in [-0.3, -0.25) is 9.59 Å². The van der Waals surface area contributed by atoms with Crippen LogP contribution in [0.5, 0.6) is 0 Å². The van der Waals surface area contributed by atoms with Crippen molar-refractivity contribution in [2.24, 2.45) is 0 Å². The zero-order valence-electron chi connectivity index (χ0n) is 12.4. The van der Waals surface area contributed by atoms with Gasteiger partial charge in [0.25, 0.3) is 5.91 Å². The maximum absolute atomic E-state index is 12.5. The van der Waals surface area contributed by atoms with E-state index in [1.807, 2.05) is 18.2 Å². The Hall–Kier alpha value is -2.11. The van der Waals surface area contributed by atoms with Gasteiger partial charge in [0.1, 0.15) is 0 Å². The number of benzene rings is 1. The molecule has 1 aliphatic rings. The van der Waals surface area contributed by atoms with Crippen molar-refractivity contribution < 1.29 is 18.7 Å². The van der Waals surface area contributed by atoms with E-state index in [2.05, 4.69) is 0 Å². The number of ketones is 1. The van der Waals surface area contributed by atoms with E-state index in [0.717, 1.165) is 0 Å². The van der Waals surface area contributed by atoms with Crippen LogP contribution in [0.15, 0.2) is 46.9 Å². The van der Waals surface area contributed by atoms with Crippen molar-refractivity contribution in [1.82, 2.24) is 4.90 Å².